The van der Waals surface area contributed by atoms with E-state index in [-0.39, 0.29) is 17.6 Å². The fourth-order valence-electron chi connectivity index (χ4n) is 2.03. The van der Waals surface area contributed by atoms with Gasteiger partial charge in [0.15, 0.2) is 0 Å². The lowest BCUT2D eigenvalue weighted by atomic mass is 10.0. The van der Waals surface area contributed by atoms with E-state index in [9.17, 15) is 12.8 Å². The Labute approximate surface area is 127 Å². The van der Waals surface area contributed by atoms with Gasteiger partial charge in [-0.15, -0.1) is 0 Å². The maximum Gasteiger partial charge on any atom is 0.214 e. The van der Waals surface area contributed by atoms with Crippen LogP contribution in [0.2, 0.25) is 0 Å². The summed E-state index contributed by atoms with van der Waals surface area (Å²) in [6.45, 7) is 2.49. The van der Waals surface area contributed by atoms with Crippen molar-refractivity contribution in [3.63, 3.8) is 0 Å². The summed E-state index contributed by atoms with van der Waals surface area (Å²) in [7, 11) is -0.129. The zero-order chi connectivity index (χ0) is 15.9. The Kier molecular flexibility index (Phi) is 7.28. The monoisotopic (exact) mass is 316 g/mol. The molecule has 0 spiro atoms. The average molecular weight is 316 g/mol. The van der Waals surface area contributed by atoms with E-state index in [1.807, 2.05) is 0 Å². The molecule has 1 atom stereocenters. The van der Waals surface area contributed by atoms with Crippen molar-refractivity contribution in [2.75, 3.05) is 26.4 Å². The number of nitrogens with one attached hydrogen (secondary N) is 1. The first-order valence-electron chi connectivity index (χ1n) is 7.26. The molecule has 0 saturated heterocycles. The van der Waals surface area contributed by atoms with Gasteiger partial charge in [0.1, 0.15) is 5.82 Å². The van der Waals surface area contributed by atoms with Crippen molar-refractivity contribution in [3.8, 4) is 0 Å². The summed E-state index contributed by atoms with van der Waals surface area (Å²) < 4.78 is 37.7. The highest BCUT2D eigenvalue weighted by molar-refractivity contribution is 7.89. The van der Waals surface area contributed by atoms with Gasteiger partial charge in [-0.2, -0.15) is 0 Å². The molecule has 0 fully saturated rings. The van der Waals surface area contributed by atoms with Gasteiger partial charge in [0.25, 0.3) is 0 Å². The molecule has 0 amide bonds. The van der Waals surface area contributed by atoms with Gasteiger partial charge in [-0.05, 0) is 24.1 Å². The number of benzene rings is 1. The molecule has 120 valence electrons. The predicted octanol–water partition coefficient (Wildman–Crippen LogP) is 2.54. The van der Waals surface area contributed by atoms with Crippen molar-refractivity contribution in [1.29, 1.82) is 0 Å². The van der Waals surface area contributed by atoms with E-state index in [1.165, 1.54) is 30.5 Å². The molecule has 0 saturated carbocycles. The Balaban J connectivity index is 2.64. The van der Waals surface area contributed by atoms with E-state index in [1.54, 1.807) is 12.1 Å². The third-order valence-corrected chi connectivity index (χ3v) is 5.26. The van der Waals surface area contributed by atoms with Crippen LogP contribution < -0.4 is 5.32 Å². The molecule has 1 rings (SSSR count). The summed E-state index contributed by atoms with van der Waals surface area (Å²) in [5.41, 5.74) is 0.993. The van der Waals surface area contributed by atoms with Crippen LogP contribution in [0.1, 0.15) is 37.8 Å². The average Bonchev–Trinajstić information content (AvgIpc) is 2.43. The minimum absolute atomic E-state index is 0.0583. The fraction of sp³-hybridized carbons (Fsp3) is 0.600. The van der Waals surface area contributed by atoms with Gasteiger partial charge in [-0.3, -0.25) is 0 Å². The van der Waals surface area contributed by atoms with Crippen molar-refractivity contribution in [2.45, 2.75) is 32.2 Å². The lowest BCUT2D eigenvalue weighted by Gasteiger charge is -2.20. The standard InChI is InChI=1S/C15H25FN2O2S/c1-4-5-6-15(13-7-9-14(16)10-8-13)17-11-12-21(19,20)18(2)3/h7-10,15,17H,4-6,11-12H2,1-3H3. The molecule has 6 heteroatoms. The highest BCUT2D eigenvalue weighted by Gasteiger charge is 2.15. The van der Waals surface area contributed by atoms with Gasteiger partial charge in [-0.1, -0.05) is 31.9 Å². The molecule has 0 aliphatic carbocycles. The van der Waals surface area contributed by atoms with Crippen molar-refractivity contribution in [1.82, 2.24) is 9.62 Å². The number of hydrogen-bond donors (Lipinski definition) is 1. The molecule has 0 heterocycles. The highest BCUT2D eigenvalue weighted by Crippen LogP contribution is 2.19. The first kappa shape index (κ1) is 18.1. The number of unbranched alkanes of at least 4 members (excludes halogenated alkanes) is 1. The SMILES string of the molecule is CCCCC(NCCS(=O)(=O)N(C)C)c1ccc(F)cc1. The van der Waals surface area contributed by atoms with Crippen LogP contribution in [0, 0.1) is 5.82 Å². The number of sulfonamides is 1. The normalized spacial score (nSPS) is 13.6. The maximum absolute atomic E-state index is 13.0. The van der Waals surface area contributed by atoms with Crippen LogP contribution in [-0.4, -0.2) is 39.1 Å². The topological polar surface area (TPSA) is 49.4 Å². The van der Waals surface area contributed by atoms with E-state index >= 15 is 0 Å². The molecule has 0 aliphatic heterocycles. The zero-order valence-electron chi connectivity index (χ0n) is 13.0. The predicted molar refractivity (Wildman–Crippen MR) is 84.1 cm³/mol. The van der Waals surface area contributed by atoms with Crippen LogP contribution in [0.15, 0.2) is 24.3 Å². The summed E-state index contributed by atoms with van der Waals surface area (Å²) in [5.74, 6) is -0.202. The molecule has 1 aromatic rings. The number of nitrogens with zero attached hydrogens (tertiary/aromatic N) is 1. The van der Waals surface area contributed by atoms with Crippen molar-refractivity contribution in [2.24, 2.45) is 0 Å². The fourth-order valence-corrected chi connectivity index (χ4v) is 2.78. The second-order valence-electron chi connectivity index (χ2n) is 5.30. The molecule has 1 aromatic carbocycles. The number of rotatable bonds is 9. The molecule has 1 unspecified atom stereocenters. The summed E-state index contributed by atoms with van der Waals surface area (Å²) in [6.07, 6.45) is 3.01. The zero-order valence-corrected chi connectivity index (χ0v) is 13.8. The molecule has 1 N–H and O–H groups in total. The van der Waals surface area contributed by atoms with Gasteiger partial charge in [0, 0.05) is 26.7 Å². The molecule has 0 aromatic heterocycles. The van der Waals surface area contributed by atoms with Gasteiger partial charge in [-0.25, -0.2) is 17.1 Å². The van der Waals surface area contributed by atoms with E-state index in [4.69, 9.17) is 0 Å². The first-order valence-corrected chi connectivity index (χ1v) is 8.86. The Bertz CT molecular complexity index is 515. The van der Waals surface area contributed by atoms with Crippen LogP contribution in [0.5, 0.6) is 0 Å². The quantitative estimate of drug-likeness (QED) is 0.761. The first-order chi connectivity index (χ1) is 9.86. The molecular formula is C15H25FN2O2S. The number of hydrogen-bond acceptors (Lipinski definition) is 3. The third kappa shape index (κ3) is 6.11. The Morgan fingerprint density at radius 2 is 1.86 bits per heavy atom. The maximum atomic E-state index is 13.0. The molecule has 21 heavy (non-hydrogen) atoms. The molecule has 0 radical (unpaired) electrons. The summed E-state index contributed by atoms with van der Waals surface area (Å²) >= 11 is 0. The molecular weight excluding hydrogens is 291 g/mol. The van der Waals surface area contributed by atoms with Crippen LogP contribution in [0.25, 0.3) is 0 Å². The van der Waals surface area contributed by atoms with Crippen LogP contribution in [-0.2, 0) is 10.0 Å². The second kappa shape index (κ2) is 8.46. The van der Waals surface area contributed by atoms with E-state index < -0.39 is 10.0 Å². The molecule has 0 aliphatic rings. The van der Waals surface area contributed by atoms with Gasteiger partial charge < -0.3 is 5.32 Å². The second-order valence-corrected chi connectivity index (χ2v) is 7.60. The van der Waals surface area contributed by atoms with Crippen molar-refractivity contribution < 1.29 is 12.8 Å². The van der Waals surface area contributed by atoms with Crippen LogP contribution in [0.4, 0.5) is 4.39 Å². The summed E-state index contributed by atoms with van der Waals surface area (Å²) in [5, 5.41) is 3.27. The van der Waals surface area contributed by atoms with E-state index in [0.29, 0.717) is 6.54 Å². The van der Waals surface area contributed by atoms with Crippen molar-refractivity contribution in [3.05, 3.63) is 35.6 Å². The summed E-state index contributed by atoms with van der Waals surface area (Å²) in [6, 6.07) is 6.44. The lowest BCUT2D eigenvalue weighted by molar-refractivity contribution is 0.482. The largest absolute Gasteiger partial charge is 0.309 e. The minimum Gasteiger partial charge on any atom is -0.309 e. The van der Waals surface area contributed by atoms with Crippen LogP contribution >= 0.6 is 0 Å². The third-order valence-electron chi connectivity index (χ3n) is 3.43. The van der Waals surface area contributed by atoms with Crippen molar-refractivity contribution >= 4 is 10.0 Å². The molecule has 0 bridgehead atoms. The highest BCUT2D eigenvalue weighted by atomic mass is 32.2. The molecule has 4 nitrogen and oxygen atoms in total. The van der Waals surface area contributed by atoms with Gasteiger partial charge in [0.05, 0.1) is 5.75 Å². The summed E-state index contributed by atoms with van der Waals surface area (Å²) in [4.78, 5) is 0. The van der Waals surface area contributed by atoms with E-state index in [0.717, 1.165) is 24.8 Å². The Hall–Kier alpha value is -0.980. The van der Waals surface area contributed by atoms with Gasteiger partial charge in [0.2, 0.25) is 10.0 Å². The van der Waals surface area contributed by atoms with E-state index in [2.05, 4.69) is 12.2 Å². The van der Waals surface area contributed by atoms with Crippen LogP contribution in [0.3, 0.4) is 0 Å². The Morgan fingerprint density at radius 1 is 1.24 bits per heavy atom. The lowest BCUT2D eigenvalue weighted by Crippen LogP contribution is -2.33. The minimum atomic E-state index is -3.19. The number of halogens is 1. The van der Waals surface area contributed by atoms with Gasteiger partial charge >= 0.3 is 0 Å². The smallest absolute Gasteiger partial charge is 0.214 e. The Morgan fingerprint density at radius 3 is 2.38 bits per heavy atom.